The molecule has 1 aliphatic carbocycles. The highest BCUT2D eigenvalue weighted by molar-refractivity contribution is 7.92. The smallest absolute Gasteiger partial charge is 0.264 e. The summed E-state index contributed by atoms with van der Waals surface area (Å²) in [6.45, 7) is 3.49. The lowest BCUT2D eigenvalue weighted by molar-refractivity contribution is -0.140. The van der Waals surface area contributed by atoms with E-state index >= 15 is 0 Å². The van der Waals surface area contributed by atoms with Gasteiger partial charge in [0.15, 0.2) is 0 Å². The van der Waals surface area contributed by atoms with Gasteiger partial charge in [0.25, 0.3) is 10.0 Å². The highest BCUT2D eigenvalue weighted by Crippen LogP contribution is 2.26. The van der Waals surface area contributed by atoms with Crippen molar-refractivity contribution in [2.24, 2.45) is 0 Å². The van der Waals surface area contributed by atoms with Crippen LogP contribution in [0, 0.1) is 6.92 Å². The Kier molecular flexibility index (Phi) is 9.87. The molecule has 1 aliphatic rings. The van der Waals surface area contributed by atoms with Gasteiger partial charge in [-0.3, -0.25) is 13.9 Å². The Labute approximate surface area is 242 Å². The topological polar surface area (TPSA) is 86.8 Å². The summed E-state index contributed by atoms with van der Waals surface area (Å²) in [5, 5.41) is 3.53. The van der Waals surface area contributed by atoms with Crippen LogP contribution in [-0.2, 0) is 26.2 Å². The second-order valence-corrected chi connectivity index (χ2v) is 12.5. The molecule has 0 spiro atoms. The van der Waals surface area contributed by atoms with Crippen LogP contribution in [0.3, 0.4) is 0 Å². The second-order valence-electron chi connectivity index (χ2n) is 10.2. The third-order valence-electron chi connectivity index (χ3n) is 7.29. The summed E-state index contributed by atoms with van der Waals surface area (Å²) in [4.78, 5) is 29.1. The van der Waals surface area contributed by atoms with E-state index in [1.165, 1.54) is 29.2 Å². The molecule has 0 saturated heterocycles. The fourth-order valence-corrected chi connectivity index (χ4v) is 6.58. The lowest BCUT2D eigenvalue weighted by Gasteiger charge is -2.33. The van der Waals surface area contributed by atoms with E-state index in [-0.39, 0.29) is 23.4 Å². The number of halogens is 1. The van der Waals surface area contributed by atoms with Crippen molar-refractivity contribution in [1.82, 2.24) is 10.2 Å². The monoisotopic (exact) mass is 581 g/mol. The average Bonchev–Trinajstić information content (AvgIpc) is 3.46. The number of hydrogen-bond acceptors (Lipinski definition) is 4. The van der Waals surface area contributed by atoms with Crippen LogP contribution in [0.15, 0.2) is 83.8 Å². The molecule has 0 heterocycles. The number of nitrogens with zero attached hydrogens (tertiary/aromatic N) is 2. The van der Waals surface area contributed by atoms with E-state index in [9.17, 15) is 18.0 Å². The van der Waals surface area contributed by atoms with Crippen molar-refractivity contribution >= 4 is 39.1 Å². The van der Waals surface area contributed by atoms with Gasteiger partial charge in [-0.1, -0.05) is 79.4 Å². The Morgan fingerprint density at radius 1 is 0.950 bits per heavy atom. The van der Waals surface area contributed by atoms with Gasteiger partial charge in [0.1, 0.15) is 12.6 Å². The zero-order valence-corrected chi connectivity index (χ0v) is 24.5. The molecule has 212 valence electrons. The normalized spacial score (nSPS) is 14.5. The molecule has 3 aromatic carbocycles. The van der Waals surface area contributed by atoms with E-state index in [2.05, 4.69) is 5.32 Å². The van der Waals surface area contributed by atoms with Crippen LogP contribution in [0.4, 0.5) is 5.69 Å². The molecule has 1 atom stereocenters. The molecule has 0 bridgehead atoms. The van der Waals surface area contributed by atoms with Crippen molar-refractivity contribution in [2.45, 2.75) is 69.5 Å². The largest absolute Gasteiger partial charge is 0.352 e. The molecule has 1 saturated carbocycles. The van der Waals surface area contributed by atoms with Crippen molar-refractivity contribution in [3.05, 3.63) is 95.0 Å². The van der Waals surface area contributed by atoms with Crippen LogP contribution >= 0.6 is 11.6 Å². The van der Waals surface area contributed by atoms with Crippen LogP contribution in [-0.4, -0.2) is 43.8 Å². The minimum absolute atomic E-state index is 0.0194. The zero-order chi connectivity index (χ0) is 28.7. The highest BCUT2D eigenvalue weighted by Gasteiger charge is 2.34. The van der Waals surface area contributed by atoms with Gasteiger partial charge in [0, 0.05) is 17.6 Å². The molecule has 3 aromatic rings. The van der Waals surface area contributed by atoms with E-state index < -0.39 is 28.5 Å². The number of carbonyl (C=O) groups is 2. The molecule has 2 amide bonds. The molecule has 9 heteroatoms. The Balaban J connectivity index is 1.69. The van der Waals surface area contributed by atoms with E-state index in [0.717, 1.165) is 41.1 Å². The molecule has 1 N–H and O–H groups in total. The van der Waals surface area contributed by atoms with Crippen molar-refractivity contribution in [3.63, 3.8) is 0 Å². The molecular formula is C31H36ClN3O4S. The van der Waals surface area contributed by atoms with Crippen LogP contribution in [0.5, 0.6) is 0 Å². The van der Waals surface area contributed by atoms with Gasteiger partial charge in [-0.2, -0.15) is 0 Å². The van der Waals surface area contributed by atoms with Gasteiger partial charge >= 0.3 is 0 Å². The standard InChI is InChI=1S/C31H36ClN3O4S/c1-3-29(31(37)33-26-11-7-8-12-26)34(21-24-9-5-4-6-10-24)30(36)22-35(27-17-13-23(2)14-18-27)40(38,39)28-19-15-25(32)16-20-28/h4-6,9-10,13-20,26,29H,3,7-8,11-12,21-22H2,1-2H3,(H,33,37). The average molecular weight is 582 g/mol. The number of anilines is 1. The minimum Gasteiger partial charge on any atom is -0.352 e. The van der Waals surface area contributed by atoms with Crippen LogP contribution in [0.25, 0.3) is 0 Å². The first-order valence-corrected chi connectivity index (χ1v) is 15.5. The third kappa shape index (κ3) is 7.23. The van der Waals surface area contributed by atoms with E-state index in [4.69, 9.17) is 11.6 Å². The first-order chi connectivity index (χ1) is 19.2. The van der Waals surface area contributed by atoms with Gasteiger partial charge in [-0.25, -0.2) is 8.42 Å². The van der Waals surface area contributed by atoms with E-state index in [0.29, 0.717) is 17.1 Å². The summed E-state index contributed by atoms with van der Waals surface area (Å²) in [6, 6.07) is 21.6. The van der Waals surface area contributed by atoms with Crippen molar-refractivity contribution in [3.8, 4) is 0 Å². The number of amides is 2. The van der Waals surface area contributed by atoms with Gasteiger partial charge in [0.05, 0.1) is 10.6 Å². The molecule has 1 fully saturated rings. The SMILES string of the molecule is CCC(C(=O)NC1CCCC1)N(Cc1ccccc1)C(=O)CN(c1ccc(C)cc1)S(=O)(=O)c1ccc(Cl)cc1. The summed E-state index contributed by atoms with van der Waals surface area (Å²) >= 11 is 6.01. The number of rotatable bonds is 11. The van der Waals surface area contributed by atoms with E-state index in [1.807, 2.05) is 44.2 Å². The first-order valence-electron chi connectivity index (χ1n) is 13.7. The second kappa shape index (κ2) is 13.3. The third-order valence-corrected chi connectivity index (χ3v) is 9.33. The first kappa shape index (κ1) is 29.6. The molecule has 4 rings (SSSR count). The quantitative estimate of drug-likeness (QED) is 0.314. The molecule has 40 heavy (non-hydrogen) atoms. The van der Waals surface area contributed by atoms with Gasteiger partial charge in [-0.15, -0.1) is 0 Å². The Hall–Kier alpha value is -3.36. The van der Waals surface area contributed by atoms with Crippen LogP contribution in [0.2, 0.25) is 5.02 Å². The number of carbonyl (C=O) groups excluding carboxylic acids is 2. The molecule has 7 nitrogen and oxygen atoms in total. The molecule has 0 radical (unpaired) electrons. The summed E-state index contributed by atoms with van der Waals surface area (Å²) in [5.74, 6) is -0.670. The van der Waals surface area contributed by atoms with Crippen LogP contribution < -0.4 is 9.62 Å². The number of sulfonamides is 1. The highest BCUT2D eigenvalue weighted by atomic mass is 35.5. The summed E-state index contributed by atoms with van der Waals surface area (Å²) in [5.41, 5.74) is 2.17. The Morgan fingerprint density at radius 2 is 1.57 bits per heavy atom. The summed E-state index contributed by atoms with van der Waals surface area (Å²) in [6.07, 6.45) is 4.39. The van der Waals surface area contributed by atoms with E-state index in [1.54, 1.807) is 24.3 Å². The molecule has 0 aromatic heterocycles. The zero-order valence-electron chi connectivity index (χ0n) is 22.9. The van der Waals surface area contributed by atoms with Gasteiger partial charge < -0.3 is 10.2 Å². The maximum atomic E-state index is 14.1. The maximum absolute atomic E-state index is 14.1. The summed E-state index contributed by atoms with van der Waals surface area (Å²) < 4.78 is 28.9. The fourth-order valence-electron chi connectivity index (χ4n) is 5.04. The summed E-state index contributed by atoms with van der Waals surface area (Å²) in [7, 11) is -4.13. The minimum atomic E-state index is -4.13. The van der Waals surface area contributed by atoms with Gasteiger partial charge in [0.2, 0.25) is 11.8 Å². The number of benzene rings is 3. The maximum Gasteiger partial charge on any atom is 0.264 e. The fraction of sp³-hybridized carbons (Fsp3) is 0.355. The molecular weight excluding hydrogens is 546 g/mol. The Morgan fingerprint density at radius 3 is 2.17 bits per heavy atom. The number of nitrogens with one attached hydrogen (secondary N) is 1. The lowest BCUT2D eigenvalue weighted by Crippen LogP contribution is -2.53. The lowest BCUT2D eigenvalue weighted by atomic mass is 10.1. The van der Waals surface area contributed by atoms with Crippen molar-refractivity contribution < 1.29 is 18.0 Å². The van der Waals surface area contributed by atoms with Crippen molar-refractivity contribution in [2.75, 3.05) is 10.8 Å². The van der Waals surface area contributed by atoms with Crippen LogP contribution in [0.1, 0.15) is 50.2 Å². The predicted octanol–water partition coefficient (Wildman–Crippen LogP) is 5.71. The Bertz CT molecular complexity index is 1390. The predicted molar refractivity (Wildman–Crippen MR) is 159 cm³/mol. The molecule has 0 aliphatic heterocycles. The molecule has 1 unspecified atom stereocenters. The number of hydrogen-bond donors (Lipinski definition) is 1. The number of aryl methyl sites for hydroxylation is 1. The van der Waals surface area contributed by atoms with Crippen molar-refractivity contribution in [1.29, 1.82) is 0 Å². The van der Waals surface area contributed by atoms with Gasteiger partial charge in [-0.05, 0) is 68.1 Å².